The van der Waals surface area contributed by atoms with E-state index in [1.807, 2.05) is 6.20 Å². The molecule has 2 heterocycles. The molecular formula is C9H15N3O. The third-order valence-electron chi connectivity index (χ3n) is 2.40. The van der Waals surface area contributed by atoms with E-state index in [1.54, 1.807) is 0 Å². The van der Waals surface area contributed by atoms with Gasteiger partial charge in [0.2, 0.25) is 0 Å². The Morgan fingerprint density at radius 2 is 2.31 bits per heavy atom. The normalized spacial score (nSPS) is 17.8. The minimum atomic E-state index is 0.822. The van der Waals surface area contributed by atoms with Crippen molar-refractivity contribution in [1.82, 2.24) is 10.2 Å². The van der Waals surface area contributed by atoms with Gasteiger partial charge < -0.3 is 9.64 Å². The summed E-state index contributed by atoms with van der Waals surface area (Å²) >= 11 is 0. The zero-order valence-electron chi connectivity index (χ0n) is 7.92. The van der Waals surface area contributed by atoms with Crippen LogP contribution < -0.4 is 4.90 Å². The summed E-state index contributed by atoms with van der Waals surface area (Å²) in [5.74, 6) is 1.17. The molecule has 4 heteroatoms. The summed E-state index contributed by atoms with van der Waals surface area (Å²) in [6.45, 7) is 5.73. The highest BCUT2D eigenvalue weighted by molar-refractivity contribution is 5.45. The predicted molar refractivity (Wildman–Crippen MR) is 51.0 cm³/mol. The molecule has 0 radical (unpaired) electrons. The van der Waals surface area contributed by atoms with E-state index in [0.29, 0.717) is 0 Å². The number of rotatable bonds is 2. The maximum absolute atomic E-state index is 5.30. The van der Waals surface area contributed by atoms with Gasteiger partial charge in [0.1, 0.15) is 5.82 Å². The van der Waals surface area contributed by atoms with Gasteiger partial charge >= 0.3 is 0 Å². The molecule has 0 amide bonds. The van der Waals surface area contributed by atoms with Crippen molar-refractivity contribution in [3.63, 3.8) is 0 Å². The molecule has 1 saturated heterocycles. The Balaban J connectivity index is 2.13. The summed E-state index contributed by atoms with van der Waals surface area (Å²) in [6.07, 6.45) is 2.94. The molecule has 1 aliphatic heterocycles. The molecule has 0 aliphatic carbocycles. The second-order valence-electron chi connectivity index (χ2n) is 3.20. The molecule has 1 aromatic heterocycles. The molecule has 1 N–H and O–H groups in total. The molecule has 2 rings (SSSR count). The predicted octanol–water partition coefficient (Wildman–Crippen LogP) is 0.809. The molecule has 72 valence electrons. The van der Waals surface area contributed by atoms with Gasteiger partial charge in [-0.25, -0.2) is 0 Å². The standard InChI is InChI=1S/C9H15N3O/c1-2-8-7-10-11-9(8)12-3-5-13-6-4-12/h7H,2-6H2,1H3,(H,10,11). The number of nitrogens with one attached hydrogen (secondary N) is 1. The molecule has 0 bridgehead atoms. The third kappa shape index (κ3) is 1.67. The number of aromatic amines is 1. The molecule has 0 unspecified atom stereocenters. The average Bonchev–Trinajstić information content (AvgIpc) is 2.67. The number of ether oxygens (including phenoxy) is 1. The lowest BCUT2D eigenvalue weighted by molar-refractivity contribution is 0.122. The highest BCUT2D eigenvalue weighted by Gasteiger charge is 2.14. The van der Waals surface area contributed by atoms with Gasteiger partial charge in [-0.3, -0.25) is 5.10 Å². The first kappa shape index (κ1) is 8.56. The molecule has 1 aromatic rings. The summed E-state index contributed by atoms with van der Waals surface area (Å²) in [5.41, 5.74) is 1.29. The van der Waals surface area contributed by atoms with E-state index in [-0.39, 0.29) is 0 Å². The van der Waals surface area contributed by atoms with Gasteiger partial charge in [0, 0.05) is 18.7 Å². The highest BCUT2D eigenvalue weighted by atomic mass is 16.5. The average molecular weight is 181 g/mol. The molecule has 1 aliphatic rings. The van der Waals surface area contributed by atoms with E-state index in [9.17, 15) is 0 Å². The van der Waals surface area contributed by atoms with E-state index in [4.69, 9.17) is 4.74 Å². The fourth-order valence-corrected chi connectivity index (χ4v) is 1.62. The van der Waals surface area contributed by atoms with Crippen LogP contribution in [0.1, 0.15) is 12.5 Å². The lowest BCUT2D eigenvalue weighted by Crippen LogP contribution is -2.36. The molecule has 13 heavy (non-hydrogen) atoms. The number of H-pyrrole nitrogens is 1. The Morgan fingerprint density at radius 3 is 3.00 bits per heavy atom. The maximum Gasteiger partial charge on any atom is 0.127 e. The summed E-state index contributed by atoms with van der Waals surface area (Å²) in [7, 11) is 0. The summed E-state index contributed by atoms with van der Waals surface area (Å²) in [5, 5.41) is 7.11. The van der Waals surface area contributed by atoms with Crippen molar-refractivity contribution in [1.29, 1.82) is 0 Å². The minimum absolute atomic E-state index is 0.822. The Kier molecular flexibility index (Phi) is 2.49. The topological polar surface area (TPSA) is 41.2 Å². The molecular weight excluding hydrogens is 166 g/mol. The fourth-order valence-electron chi connectivity index (χ4n) is 1.62. The molecule has 0 spiro atoms. The van der Waals surface area contributed by atoms with Crippen molar-refractivity contribution in [2.75, 3.05) is 31.2 Å². The number of anilines is 1. The Bertz CT molecular complexity index is 266. The van der Waals surface area contributed by atoms with E-state index in [2.05, 4.69) is 22.0 Å². The summed E-state index contributed by atoms with van der Waals surface area (Å²) in [4.78, 5) is 2.30. The third-order valence-corrected chi connectivity index (χ3v) is 2.40. The first-order valence-electron chi connectivity index (χ1n) is 4.76. The first-order valence-corrected chi connectivity index (χ1v) is 4.76. The second-order valence-corrected chi connectivity index (χ2v) is 3.20. The van der Waals surface area contributed by atoms with Crippen LogP contribution in [0.3, 0.4) is 0 Å². The van der Waals surface area contributed by atoms with Crippen molar-refractivity contribution in [2.24, 2.45) is 0 Å². The molecule has 4 nitrogen and oxygen atoms in total. The monoisotopic (exact) mass is 181 g/mol. The molecule has 0 aromatic carbocycles. The molecule has 0 saturated carbocycles. The smallest absolute Gasteiger partial charge is 0.127 e. The van der Waals surface area contributed by atoms with Crippen LogP contribution in [0.4, 0.5) is 5.82 Å². The number of aromatic nitrogens is 2. The van der Waals surface area contributed by atoms with Crippen LogP contribution in [0.25, 0.3) is 0 Å². The quantitative estimate of drug-likeness (QED) is 0.734. The van der Waals surface area contributed by atoms with E-state index < -0.39 is 0 Å². The summed E-state index contributed by atoms with van der Waals surface area (Å²) in [6, 6.07) is 0. The number of hydrogen-bond donors (Lipinski definition) is 1. The van der Waals surface area contributed by atoms with Gasteiger partial charge in [0.05, 0.1) is 19.4 Å². The highest BCUT2D eigenvalue weighted by Crippen LogP contribution is 2.17. The van der Waals surface area contributed by atoms with Gasteiger partial charge in [0.25, 0.3) is 0 Å². The van der Waals surface area contributed by atoms with Crippen molar-refractivity contribution < 1.29 is 4.74 Å². The lowest BCUT2D eigenvalue weighted by atomic mass is 10.2. The van der Waals surface area contributed by atoms with Gasteiger partial charge in [-0.15, -0.1) is 0 Å². The SMILES string of the molecule is CCc1cn[nH]c1N1CCOCC1. The lowest BCUT2D eigenvalue weighted by Gasteiger charge is -2.28. The second kappa shape index (κ2) is 3.79. The molecule has 1 fully saturated rings. The fraction of sp³-hybridized carbons (Fsp3) is 0.667. The van der Waals surface area contributed by atoms with E-state index >= 15 is 0 Å². The minimum Gasteiger partial charge on any atom is -0.378 e. The number of nitrogens with zero attached hydrogens (tertiary/aromatic N) is 2. The maximum atomic E-state index is 5.30. The van der Waals surface area contributed by atoms with Gasteiger partial charge in [-0.2, -0.15) is 5.10 Å². The van der Waals surface area contributed by atoms with Crippen molar-refractivity contribution in [3.8, 4) is 0 Å². The van der Waals surface area contributed by atoms with Crippen LogP contribution in [0, 0.1) is 0 Å². The van der Waals surface area contributed by atoms with Crippen LogP contribution >= 0.6 is 0 Å². The van der Waals surface area contributed by atoms with Crippen LogP contribution in [-0.2, 0) is 11.2 Å². The van der Waals surface area contributed by atoms with Crippen molar-refractivity contribution in [3.05, 3.63) is 11.8 Å². The van der Waals surface area contributed by atoms with Crippen molar-refractivity contribution >= 4 is 5.82 Å². The van der Waals surface area contributed by atoms with E-state index in [0.717, 1.165) is 32.7 Å². The first-order chi connectivity index (χ1) is 6.42. The van der Waals surface area contributed by atoms with Crippen LogP contribution in [0.15, 0.2) is 6.20 Å². The Labute approximate surface area is 77.9 Å². The van der Waals surface area contributed by atoms with Crippen molar-refractivity contribution in [2.45, 2.75) is 13.3 Å². The van der Waals surface area contributed by atoms with Gasteiger partial charge in [-0.1, -0.05) is 6.92 Å². The Hall–Kier alpha value is -1.03. The zero-order valence-corrected chi connectivity index (χ0v) is 7.92. The Morgan fingerprint density at radius 1 is 1.54 bits per heavy atom. The van der Waals surface area contributed by atoms with Gasteiger partial charge in [-0.05, 0) is 6.42 Å². The van der Waals surface area contributed by atoms with Crippen LogP contribution in [0.2, 0.25) is 0 Å². The van der Waals surface area contributed by atoms with Crippen LogP contribution in [0.5, 0.6) is 0 Å². The molecule has 0 atom stereocenters. The number of morpholine rings is 1. The summed E-state index contributed by atoms with van der Waals surface area (Å²) < 4.78 is 5.30. The number of aryl methyl sites for hydroxylation is 1. The van der Waals surface area contributed by atoms with E-state index in [1.165, 1.54) is 11.4 Å². The zero-order chi connectivity index (χ0) is 9.10. The number of hydrogen-bond acceptors (Lipinski definition) is 3. The van der Waals surface area contributed by atoms with Crippen LogP contribution in [-0.4, -0.2) is 36.5 Å². The largest absolute Gasteiger partial charge is 0.378 e. The van der Waals surface area contributed by atoms with Gasteiger partial charge in [0.15, 0.2) is 0 Å².